The number of carbonyl (C=O) groups excluding carboxylic acids is 1. The molecule has 0 spiro atoms. The number of piperazine rings is 1. The molecular weight excluding hydrogens is 494 g/mol. The second kappa shape index (κ2) is 10.4. The number of fused-ring (bicyclic) bond motifs is 1. The average molecular weight is 534 g/mol. The largest absolute Gasteiger partial charge is 0.508 e. The van der Waals surface area contributed by atoms with Crippen LogP contribution in [0.2, 0.25) is 0 Å². The van der Waals surface area contributed by atoms with E-state index in [2.05, 4.69) is 16.1 Å². The minimum atomic E-state index is -0.513. The van der Waals surface area contributed by atoms with E-state index in [0.717, 1.165) is 79.8 Å². The second-order valence-corrected chi connectivity index (χ2v) is 12.1. The molecule has 208 valence electrons. The number of aromatic nitrogens is 3. The number of H-pyrrole nitrogens is 1. The first-order valence-corrected chi connectivity index (χ1v) is 14.3. The maximum atomic E-state index is 12.8. The Hall–Kier alpha value is -3.17. The van der Waals surface area contributed by atoms with E-state index in [9.17, 15) is 9.90 Å². The zero-order valence-electron chi connectivity index (χ0n) is 23.2. The Morgan fingerprint density at radius 2 is 1.85 bits per heavy atom. The monoisotopic (exact) mass is 533 g/mol. The molecule has 2 aromatic heterocycles. The molecule has 3 aromatic rings. The topological polar surface area (TPSA) is 104 Å². The SMILES string of the molecule is CC(C)(C)OC(=O)N1CCN(C(c2cc(-c3ccc(O)cc3)nc3[nH]nc(C4CC4)c23)C2CCCCO2)CC1. The third-order valence-electron chi connectivity index (χ3n) is 7.96. The predicted octanol–water partition coefficient (Wildman–Crippen LogP) is 5.37. The van der Waals surface area contributed by atoms with Crippen LogP contribution >= 0.6 is 0 Å². The van der Waals surface area contributed by atoms with Gasteiger partial charge in [0.2, 0.25) is 0 Å². The molecule has 1 amide bonds. The van der Waals surface area contributed by atoms with Crippen molar-refractivity contribution in [3.05, 3.63) is 41.6 Å². The molecule has 2 N–H and O–H groups in total. The van der Waals surface area contributed by atoms with E-state index in [4.69, 9.17) is 19.6 Å². The van der Waals surface area contributed by atoms with Crippen molar-refractivity contribution in [1.82, 2.24) is 25.0 Å². The van der Waals surface area contributed by atoms with Crippen LogP contribution in [-0.2, 0) is 9.47 Å². The lowest BCUT2D eigenvalue weighted by Crippen LogP contribution is -2.53. The lowest BCUT2D eigenvalue weighted by atomic mass is 9.90. The summed E-state index contributed by atoms with van der Waals surface area (Å²) in [6, 6.07) is 9.41. The van der Waals surface area contributed by atoms with Crippen LogP contribution in [0.5, 0.6) is 5.75 Å². The van der Waals surface area contributed by atoms with Crippen LogP contribution in [-0.4, -0.2) is 80.7 Å². The highest BCUT2D eigenvalue weighted by Crippen LogP contribution is 2.46. The van der Waals surface area contributed by atoms with E-state index in [-0.39, 0.29) is 24.0 Å². The molecule has 39 heavy (non-hydrogen) atoms. The summed E-state index contributed by atoms with van der Waals surface area (Å²) < 4.78 is 12.1. The van der Waals surface area contributed by atoms with Gasteiger partial charge < -0.3 is 19.5 Å². The van der Waals surface area contributed by atoms with Gasteiger partial charge in [-0.25, -0.2) is 9.78 Å². The Labute approximate surface area is 229 Å². The van der Waals surface area contributed by atoms with Crippen molar-refractivity contribution >= 4 is 17.1 Å². The minimum Gasteiger partial charge on any atom is -0.508 e. The minimum absolute atomic E-state index is 0.0163. The van der Waals surface area contributed by atoms with Gasteiger partial charge in [0.1, 0.15) is 11.4 Å². The van der Waals surface area contributed by atoms with Crippen LogP contribution in [0, 0.1) is 0 Å². The van der Waals surface area contributed by atoms with Gasteiger partial charge in [0.05, 0.1) is 23.5 Å². The Balaban J connectivity index is 1.39. The molecule has 1 aliphatic carbocycles. The van der Waals surface area contributed by atoms with E-state index in [1.54, 1.807) is 12.1 Å². The molecule has 2 atom stereocenters. The molecule has 9 nitrogen and oxygen atoms in total. The third-order valence-corrected chi connectivity index (χ3v) is 7.96. The van der Waals surface area contributed by atoms with Gasteiger partial charge in [-0.3, -0.25) is 10.00 Å². The second-order valence-electron chi connectivity index (χ2n) is 12.1. The van der Waals surface area contributed by atoms with Gasteiger partial charge in [-0.2, -0.15) is 5.10 Å². The van der Waals surface area contributed by atoms with Crippen molar-refractivity contribution in [3.63, 3.8) is 0 Å². The number of phenolic OH excluding ortho intramolecular Hbond substituents is 1. The molecule has 6 rings (SSSR count). The molecule has 0 bridgehead atoms. The van der Waals surface area contributed by atoms with Gasteiger partial charge in [-0.05, 0) is 88.8 Å². The number of pyridine rings is 1. The molecule has 2 aliphatic heterocycles. The Kier molecular flexibility index (Phi) is 6.97. The molecule has 1 saturated carbocycles. The fraction of sp³-hybridized carbons (Fsp3) is 0.567. The summed E-state index contributed by atoms with van der Waals surface area (Å²) in [6.07, 6.45) is 5.31. The quantitative estimate of drug-likeness (QED) is 0.454. The van der Waals surface area contributed by atoms with E-state index >= 15 is 0 Å². The van der Waals surface area contributed by atoms with E-state index in [1.165, 1.54) is 5.56 Å². The van der Waals surface area contributed by atoms with Crippen molar-refractivity contribution in [2.24, 2.45) is 0 Å². The molecule has 3 fully saturated rings. The molecule has 3 aliphatic rings. The molecule has 0 radical (unpaired) electrons. The van der Waals surface area contributed by atoms with Gasteiger partial charge in [0.25, 0.3) is 0 Å². The van der Waals surface area contributed by atoms with E-state index in [1.807, 2.05) is 37.8 Å². The highest BCUT2D eigenvalue weighted by Gasteiger charge is 2.38. The molecule has 4 heterocycles. The maximum absolute atomic E-state index is 12.8. The number of rotatable bonds is 5. The molecular formula is C30H39N5O4. The number of benzene rings is 1. The van der Waals surface area contributed by atoms with Crippen molar-refractivity contribution in [3.8, 4) is 17.0 Å². The lowest BCUT2D eigenvalue weighted by Gasteiger charge is -2.43. The summed E-state index contributed by atoms with van der Waals surface area (Å²) >= 11 is 0. The number of amides is 1. The fourth-order valence-corrected chi connectivity index (χ4v) is 5.91. The summed E-state index contributed by atoms with van der Waals surface area (Å²) in [4.78, 5) is 22.1. The van der Waals surface area contributed by atoms with Crippen LogP contribution in [0.25, 0.3) is 22.3 Å². The van der Waals surface area contributed by atoms with Gasteiger partial charge in [0, 0.05) is 49.7 Å². The van der Waals surface area contributed by atoms with Gasteiger partial charge >= 0.3 is 6.09 Å². The van der Waals surface area contributed by atoms with Crippen LogP contribution in [0.4, 0.5) is 4.79 Å². The van der Waals surface area contributed by atoms with E-state index in [0.29, 0.717) is 19.0 Å². The molecule has 2 unspecified atom stereocenters. The van der Waals surface area contributed by atoms with Crippen LogP contribution in [0.3, 0.4) is 0 Å². The van der Waals surface area contributed by atoms with Gasteiger partial charge in [0.15, 0.2) is 5.65 Å². The van der Waals surface area contributed by atoms with Crippen molar-refractivity contribution in [2.75, 3.05) is 32.8 Å². The number of ether oxygens (including phenoxy) is 2. The van der Waals surface area contributed by atoms with Crippen molar-refractivity contribution < 1.29 is 19.4 Å². The normalized spacial score (nSPS) is 21.7. The van der Waals surface area contributed by atoms with E-state index < -0.39 is 5.60 Å². The first-order valence-electron chi connectivity index (χ1n) is 14.3. The standard InChI is InChI=1S/C30H39N5O4/c1-30(2,3)39-29(37)35-15-13-34(14-16-35)27(24-6-4-5-17-38-24)22-18-23(19-9-11-21(36)12-10-19)31-28-25(22)26(32-33-28)20-7-8-20/h9-12,18,20,24,27,36H,4-8,13-17H2,1-3H3,(H,31,32,33). The highest BCUT2D eigenvalue weighted by molar-refractivity contribution is 5.86. The number of nitrogens with zero attached hydrogens (tertiary/aromatic N) is 4. The number of aromatic hydroxyl groups is 1. The highest BCUT2D eigenvalue weighted by atomic mass is 16.6. The van der Waals surface area contributed by atoms with Gasteiger partial charge in [-0.1, -0.05) is 0 Å². The Morgan fingerprint density at radius 1 is 1.10 bits per heavy atom. The number of hydrogen-bond donors (Lipinski definition) is 2. The van der Waals surface area contributed by atoms with Gasteiger partial charge in [-0.15, -0.1) is 0 Å². The summed E-state index contributed by atoms with van der Waals surface area (Å²) in [7, 11) is 0. The lowest BCUT2D eigenvalue weighted by molar-refractivity contribution is -0.0544. The molecule has 9 heteroatoms. The number of carbonyl (C=O) groups is 1. The number of phenols is 1. The number of nitrogens with one attached hydrogen (secondary N) is 1. The van der Waals surface area contributed by atoms with Crippen LogP contribution < -0.4 is 0 Å². The van der Waals surface area contributed by atoms with Crippen LogP contribution in [0.1, 0.15) is 76.1 Å². The zero-order chi connectivity index (χ0) is 27.1. The summed E-state index contributed by atoms with van der Waals surface area (Å²) in [6.45, 7) is 9.16. The maximum Gasteiger partial charge on any atom is 0.410 e. The molecule has 1 aromatic carbocycles. The Morgan fingerprint density at radius 3 is 2.49 bits per heavy atom. The predicted molar refractivity (Wildman–Crippen MR) is 149 cm³/mol. The van der Waals surface area contributed by atoms with Crippen molar-refractivity contribution in [2.45, 2.75) is 76.5 Å². The first-order chi connectivity index (χ1) is 18.8. The number of hydrogen-bond acceptors (Lipinski definition) is 7. The summed E-state index contributed by atoms with van der Waals surface area (Å²) in [5.74, 6) is 0.699. The smallest absolute Gasteiger partial charge is 0.410 e. The zero-order valence-corrected chi connectivity index (χ0v) is 23.2. The van der Waals surface area contributed by atoms with Crippen molar-refractivity contribution in [1.29, 1.82) is 0 Å². The van der Waals surface area contributed by atoms with Crippen LogP contribution in [0.15, 0.2) is 30.3 Å². The third kappa shape index (κ3) is 5.61. The first kappa shape index (κ1) is 26.1. The average Bonchev–Trinajstić information content (AvgIpc) is 3.67. The number of aromatic amines is 1. The summed E-state index contributed by atoms with van der Waals surface area (Å²) in [5.41, 5.74) is 4.37. The Bertz CT molecular complexity index is 1310. The fourth-order valence-electron chi connectivity index (χ4n) is 5.91. The summed E-state index contributed by atoms with van der Waals surface area (Å²) in [5, 5.41) is 19.0. The molecule has 2 saturated heterocycles.